The number of halogens is 1. The predicted molar refractivity (Wildman–Crippen MR) is 77.0 cm³/mol. The molecule has 18 heavy (non-hydrogen) atoms. The highest BCUT2D eigenvalue weighted by atomic mass is 127. The van der Waals surface area contributed by atoms with Crippen molar-refractivity contribution in [2.75, 3.05) is 5.73 Å². The van der Waals surface area contributed by atoms with Gasteiger partial charge in [-0.25, -0.2) is 4.98 Å². The lowest BCUT2D eigenvalue weighted by atomic mass is 10.3. The van der Waals surface area contributed by atoms with Crippen molar-refractivity contribution < 1.29 is 0 Å². The van der Waals surface area contributed by atoms with Crippen molar-refractivity contribution in [1.29, 1.82) is 0 Å². The van der Waals surface area contributed by atoms with Crippen LogP contribution < -0.4 is 5.73 Å². The van der Waals surface area contributed by atoms with E-state index in [0.717, 1.165) is 20.4 Å². The number of nitrogen functional groups attached to an aromatic ring is 1. The van der Waals surface area contributed by atoms with Crippen LogP contribution in [-0.2, 0) is 13.6 Å². The van der Waals surface area contributed by atoms with Crippen molar-refractivity contribution >= 4 is 39.6 Å². The second-order valence-electron chi connectivity index (χ2n) is 4.05. The normalized spacial score (nSPS) is 11.2. The molecule has 0 unspecified atom stereocenters. The fourth-order valence-electron chi connectivity index (χ4n) is 1.88. The highest BCUT2D eigenvalue weighted by Crippen LogP contribution is 2.20. The van der Waals surface area contributed by atoms with Gasteiger partial charge in [-0.1, -0.05) is 0 Å². The second kappa shape index (κ2) is 4.23. The molecule has 92 valence electrons. The molecule has 0 atom stereocenters. The van der Waals surface area contributed by atoms with Crippen LogP contribution in [0.4, 0.5) is 5.95 Å². The third-order valence-electron chi connectivity index (χ3n) is 2.84. The molecule has 7 heteroatoms. The fourth-order valence-corrected chi connectivity index (χ4v) is 2.35. The van der Waals surface area contributed by atoms with Crippen LogP contribution >= 0.6 is 22.6 Å². The molecular formula is C11H11IN6. The maximum absolute atomic E-state index is 5.96. The molecule has 0 bridgehead atoms. The summed E-state index contributed by atoms with van der Waals surface area (Å²) in [5.41, 5.74) is 7.88. The monoisotopic (exact) mass is 354 g/mol. The lowest BCUT2D eigenvalue weighted by Gasteiger charge is -2.05. The zero-order valence-corrected chi connectivity index (χ0v) is 11.9. The van der Waals surface area contributed by atoms with Gasteiger partial charge in [-0.05, 0) is 40.8 Å². The zero-order chi connectivity index (χ0) is 12.7. The molecule has 3 rings (SSSR count). The highest BCUT2D eigenvalue weighted by molar-refractivity contribution is 14.1. The minimum absolute atomic E-state index is 0.495. The number of rotatable bonds is 2. The average Bonchev–Trinajstić information content (AvgIpc) is 2.85. The third kappa shape index (κ3) is 1.84. The van der Waals surface area contributed by atoms with Gasteiger partial charge in [-0.2, -0.15) is 0 Å². The number of hydrogen-bond donors (Lipinski definition) is 1. The SMILES string of the molecule is Cn1cnnc1Cn1c(N)nc2cc(I)ccc21. The number of anilines is 1. The van der Waals surface area contributed by atoms with E-state index in [-0.39, 0.29) is 0 Å². The van der Waals surface area contributed by atoms with Crippen LogP contribution in [-0.4, -0.2) is 24.3 Å². The van der Waals surface area contributed by atoms with Crippen LogP contribution in [0.25, 0.3) is 11.0 Å². The Bertz CT molecular complexity index is 713. The van der Waals surface area contributed by atoms with E-state index < -0.39 is 0 Å². The molecule has 2 aromatic heterocycles. The molecule has 0 aliphatic carbocycles. The van der Waals surface area contributed by atoms with Crippen LogP contribution in [0.15, 0.2) is 24.5 Å². The molecule has 2 N–H and O–H groups in total. The summed E-state index contributed by atoms with van der Waals surface area (Å²) in [7, 11) is 1.91. The first-order valence-electron chi connectivity index (χ1n) is 5.39. The van der Waals surface area contributed by atoms with Crippen LogP contribution in [0.5, 0.6) is 0 Å². The molecule has 3 aromatic rings. The average molecular weight is 354 g/mol. The lowest BCUT2D eigenvalue weighted by molar-refractivity contribution is 0.718. The van der Waals surface area contributed by atoms with Gasteiger partial charge in [0.1, 0.15) is 6.33 Å². The Morgan fingerprint density at radius 3 is 2.94 bits per heavy atom. The molecule has 0 saturated carbocycles. The van der Waals surface area contributed by atoms with Gasteiger partial charge < -0.3 is 14.9 Å². The number of aromatic nitrogens is 5. The molecule has 2 heterocycles. The van der Waals surface area contributed by atoms with Crippen LogP contribution in [0, 0.1) is 3.57 Å². The number of hydrogen-bond acceptors (Lipinski definition) is 4. The minimum atomic E-state index is 0.495. The van der Waals surface area contributed by atoms with Crippen molar-refractivity contribution in [3.8, 4) is 0 Å². The quantitative estimate of drug-likeness (QED) is 0.706. The number of benzene rings is 1. The fraction of sp³-hybridized carbons (Fsp3) is 0.182. The number of nitrogens with two attached hydrogens (primary N) is 1. The van der Waals surface area contributed by atoms with Crippen molar-refractivity contribution in [3.05, 3.63) is 33.9 Å². The van der Waals surface area contributed by atoms with Crippen molar-refractivity contribution in [1.82, 2.24) is 24.3 Å². The van der Waals surface area contributed by atoms with Gasteiger partial charge in [0.25, 0.3) is 0 Å². The summed E-state index contributed by atoms with van der Waals surface area (Å²) in [6.45, 7) is 0.569. The number of nitrogens with zero attached hydrogens (tertiary/aromatic N) is 5. The number of aryl methyl sites for hydroxylation is 1. The first-order valence-corrected chi connectivity index (χ1v) is 6.47. The summed E-state index contributed by atoms with van der Waals surface area (Å²) in [6, 6.07) is 6.08. The molecule has 0 radical (unpaired) electrons. The Kier molecular flexibility index (Phi) is 2.69. The van der Waals surface area contributed by atoms with Crippen molar-refractivity contribution in [3.63, 3.8) is 0 Å². The molecule has 0 aliphatic rings. The molecule has 0 spiro atoms. The van der Waals surface area contributed by atoms with E-state index in [1.807, 2.05) is 34.4 Å². The highest BCUT2D eigenvalue weighted by Gasteiger charge is 2.11. The summed E-state index contributed by atoms with van der Waals surface area (Å²) in [5.74, 6) is 1.34. The van der Waals surface area contributed by atoms with E-state index in [1.54, 1.807) is 6.33 Å². The van der Waals surface area contributed by atoms with Gasteiger partial charge in [0.2, 0.25) is 5.95 Å². The summed E-state index contributed by atoms with van der Waals surface area (Å²) in [6.07, 6.45) is 1.67. The summed E-state index contributed by atoms with van der Waals surface area (Å²) in [4.78, 5) is 4.36. The maximum Gasteiger partial charge on any atom is 0.201 e. The van der Waals surface area contributed by atoms with Crippen molar-refractivity contribution in [2.24, 2.45) is 7.05 Å². The van der Waals surface area contributed by atoms with Crippen LogP contribution in [0.1, 0.15) is 5.82 Å². The van der Waals surface area contributed by atoms with E-state index in [2.05, 4.69) is 37.8 Å². The molecule has 6 nitrogen and oxygen atoms in total. The summed E-state index contributed by atoms with van der Waals surface area (Å²) >= 11 is 2.26. The molecule has 0 amide bonds. The molecule has 0 saturated heterocycles. The first-order chi connectivity index (χ1) is 8.65. The Morgan fingerprint density at radius 1 is 1.39 bits per heavy atom. The largest absolute Gasteiger partial charge is 0.369 e. The van der Waals surface area contributed by atoms with Gasteiger partial charge in [0.15, 0.2) is 5.82 Å². The van der Waals surface area contributed by atoms with Gasteiger partial charge in [-0.3, -0.25) is 0 Å². The topological polar surface area (TPSA) is 74.5 Å². The smallest absolute Gasteiger partial charge is 0.201 e. The first kappa shape index (κ1) is 11.5. The Balaban J connectivity index is 2.11. The predicted octanol–water partition coefficient (Wildman–Crippen LogP) is 1.40. The second-order valence-corrected chi connectivity index (χ2v) is 5.29. The number of fused-ring (bicyclic) bond motifs is 1. The van der Waals surface area contributed by atoms with E-state index in [1.165, 1.54) is 0 Å². The van der Waals surface area contributed by atoms with E-state index in [0.29, 0.717) is 12.5 Å². The zero-order valence-electron chi connectivity index (χ0n) is 9.71. The molecule has 1 aromatic carbocycles. The summed E-state index contributed by atoms with van der Waals surface area (Å²) < 4.78 is 4.95. The van der Waals surface area contributed by atoms with E-state index >= 15 is 0 Å². The van der Waals surface area contributed by atoms with Crippen molar-refractivity contribution in [2.45, 2.75) is 6.54 Å². The minimum Gasteiger partial charge on any atom is -0.369 e. The maximum atomic E-state index is 5.96. The van der Waals surface area contributed by atoms with Gasteiger partial charge in [0.05, 0.1) is 17.6 Å². The standard InChI is InChI=1S/C11H11IN6/c1-17-6-14-16-10(17)5-18-9-3-2-7(12)4-8(9)15-11(18)13/h2-4,6H,5H2,1H3,(H2,13,15). The van der Waals surface area contributed by atoms with Gasteiger partial charge in [-0.15, -0.1) is 10.2 Å². The van der Waals surface area contributed by atoms with Crippen LogP contribution in [0.3, 0.4) is 0 Å². The lowest BCUT2D eigenvalue weighted by Crippen LogP contribution is -2.08. The van der Waals surface area contributed by atoms with E-state index in [4.69, 9.17) is 5.73 Å². The molecular weight excluding hydrogens is 343 g/mol. The summed E-state index contributed by atoms with van der Waals surface area (Å²) in [5, 5.41) is 7.93. The van der Waals surface area contributed by atoms with Gasteiger partial charge in [0, 0.05) is 10.6 Å². The third-order valence-corrected chi connectivity index (χ3v) is 3.52. The Hall–Kier alpha value is -1.64. The number of imidazole rings is 1. The molecule has 0 fully saturated rings. The van der Waals surface area contributed by atoms with Crippen LogP contribution in [0.2, 0.25) is 0 Å². The Morgan fingerprint density at radius 2 is 2.22 bits per heavy atom. The molecule has 0 aliphatic heterocycles. The van der Waals surface area contributed by atoms with E-state index in [9.17, 15) is 0 Å². The van der Waals surface area contributed by atoms with Gasteiger partial charge >= 0.3 is 0 Å². The Labute approximate surface area is 117 Å².